The zero-order valence-corrected chi connectivity index (χ0v) is 29.3. The molecule has 6 aromatic carbocycles. The summed E-state index contributed by atoms with van der Waals surface area (Å²) < 4.78 is 1.26. The smallest absolute Gasteiger partial charge is 0.172 e. The first-order valence-corrected chi connectivity index (χ1v) is 16.2. The molecule has 212 valence electrons. The van der Waals surface area contributed by atoms with Crippen molar-refractivity contribution in [1.82, 2.24) is 0 Å². The minimum Gasteiger partial charge on any atom is -0.214 e. The van der Waals surface area contributed by atoms with Crippen molar-refractivity contribution in [3.05, 3.63) is 154 Å². The molecule has 0 saturated carbocycles. The van der Waals surface area contributed by atoms with Gasteiger partial charge in [-0.1, -0.05) is 76.9 Å². The van der Waals surface area contributed by atoms with Crippen LogP contribution in [0.3, 0.4) is 0 Å². The molecule has 0 aliphatic rings. The van der Waals surface area contributed by atoms with E-state index in [1.165, 1.54) is 60.1 Å². The molecule has 0 aliphatic heterocycles. The molecule has 0 amide bonds. The molecule has 0 aromatic heterocycles. The number of hydrogen-bond donors (Lipinski definition) is 0. The van der Waals surface area contributed by atoms with Crippen LogP contribution in [0.5, 0.6) is 0 Å². The maximum atomic E-state index is 5.98. The van der Waals surface area contributed by atoms with E-state index >= 15 is 0 Å². The van der Waals surface area contributed by atoms with Crippen molar-refractivity contribution in [2.24, 2.45) is 0 Å². The Morgan fingerprint density at radius 2 is 1.00 bits per heavy atom. The van der Waals surface area contributed by atoms with Gasteiger partial charge in [0.2, 0.25) is 0 Å². The van der Waals surface area contributed by atoms with Gasteiger partial charge in [-0.15, -0.1) is 39.7 Å². The first-order valence-electron chi connectivity index (χ1n) is 14.2. The molecule has 6 rings (SSSR count). The fraction of sp³-hybridized carbons (Fsp3) is 0.205. The summed E-state index contributed by atoms with van der Waals surface area (Å²) in [5.74, 6) is 0. The predicted molar refractivity (Wildman–Crippen MR) is 183 cm³/mol. The van der Waals surface area contributed by atoms with Crippen molar-refractivity contribution >= 4 is 48.0 Å². The van der Waals surface area contributed by atoms with Crippen LogP contribution >= 0.6 is 23.2 Å². The second-order valence-electron chi connectivity index (χ2n) is 12.6. The summed E-state index contributed by atoms with van der Waals surface area (Å²) in [5, 5.41) is 7.00. The first-order chi connectivity index (χ1) is 19.8. The van der Waals surface area contributed by atoms with Crippen LogP contribution in [0, 0.1) is 0 Å². The van der Waals surface area contributed by atoms with Gasteiger partial charge < -0.3 is 0 Å². The fourth-order valence-electron chi connectivity index (χ4n) is 4.73. The van der Waals surface area contributed by atoms with Gasteiger partial charge in [0.15, 0.2) is 0 Å². The molecule has 0 saturated heterocycles. The van der Waals surface area contributed by atoms with E-state index < -0.39 is 0 Å². The Kier molecular flexibility index (Phi) is 10.6. The molecule has 0 spiro atoms. The number of hydrogen-bond acceptors (Lipinski definition) is 0. The molecule has 0 fully saturated rings. The molecule has 42 heavy (non-hydrogen) atoms. The third-order valence-corrected chi connectivity index (χ3v) is 9.11. The van der Waals surface area contributed by atoms with Crippen molar-refractivity contribution in [1.29, 1.82) is 0 Å². The van der Waals surface area contributed by atoms with Crippen LogP contribution in [-0.2, 0) is 35.1 Å². The minimum absolute atomic E-state index is 0.203. The van der Waals surface area contributed by atoms with Gasteiger partial charge in [0.05, 0.1) is 0 Å². The van der Waals surface area contributed by atoms with Gasteiger partial charge in [0.1, 0.15) is 0 Å². The van der Waals surface area contributed by atoms with Crippen molar-refractivity contribution in [2.45, 2.75) is 52.4 Å². The number of rotatable bonds is 2. The van der Waals surface area contributed by atoms with E-state index in [2.05, 4.69) is 96.1 Å². The SMILES string of the molecule is CC(C)(C)c1ccc2c(c1)[cH-]c1cc(C(C)(C)C)ccc12.Clc1cccc([C](=[Zr+2])c2cccc(Cl)c2)c1.c1cc[cH-]c1. The van der Waals surface area contributed by atoms with Gasteiger partial charge in [-0.05, 0) is 10.8 Å². The Bertz CT molecular complexity index is 1640. The molecular formula is C39H38Cl2Zr. The summed E-state index contributed by atoms with van der Waals surface area (Å²) in [6.07, 6.45) is 0. The van der Waals surface area contributed by atoms with Crippen LogP contribution in [-0.4, -0.2) is 3.21 Å². The molecule has 0 nitrogen and oxygen atoms in total. The van der Waals surface area contributed by atoms with Crippen LogP contribution < -0.4 is 0 Å². The standard InChI is InChI=1S/C21H25.C13H8Cl2.C5H5.Zr/c1-20(2,3)16-7-9-18-14(12-16)11-15-13-17(21(4,5)6)8-10-19(15)18;14-12-5-1-3-10(8-12)7-11-4-2-6-13(15)9-11;1-2-4-5-3-1;/h7-13H,1-6H3;1-6,8-9H;1-5H;/q-1;;-1;+2. The summed E-state index contributed by atoms with van der Waals surface area (Å²) in [7, 11) is 0. The average Bonchev–Trinajstić information content (AvgIpc) is 3.63. The van der Waals surface area contributed by atoms with Gasteiger partial charge in [0, 0.05) is 0 Å². The third kappa shape index (κ3) is 8.51. The summed E-state index contributed by atoms with van der Waals surface area (Å²) >= 11 is 13.3. The molecule has 0 radical (unpaired) electrons. The number of halogens is 2. The fourth-order valence-corrected chi connectivity index (χ4v) is 5.88. The molecule has 0 aliphatic carbocycles. The van der Waals surface area contributed by atoms with E-state index in [-0.39, 0.29) is 10.8 Å². The van der Waals surface area contributed by atoms with Crippen LogP contribution in [0.1, 0.15) is 63.8 Å². The van der Waals surface area contributed by atoms with E-state index in [9.17, 15) is 0 Å². The van der Waals surface area contributed by atoms with Crippen LogP contribution in [0.25, 0.3) is 21.5 Å². The maximum Gasteiger partial charge on any atom is -0.172 e. The number of fused-ring (bicyclic) bond motifs is 3. The molecule has 0 heterocycles. The molecule has 0 unspecified atom stereocenters. The zero-order valence-electron chi connectivity index (χ0n) is 25.3. The van der Waals surface area contributed by atoms with E-state index in [0.29, 0.717) is 0 Å². The molecule has 6 aromatic rings. The monoisotopic (exact) mass is 666 g/mol. The van der Waals surface area contributed by atoms with E-state index in [1.807, 2.05) is 66.7 Å². The molecule has 0 N–H and O–H groups in total. The zero-order chi connectivity index (χ0) is 30.5. The van der Waals surface area contributed by atoms with Crippen molar-refractivity contribution in [3.8, 4) is 0 Å². The quantitative estimate of drug-likeness (QED) is 0.161. The third-order valence-electron chi connectivity index (χ3n) is 7.22. The van der Waals surface area contributed by atoms with Crippen LogP contribution in [0.2, 0.25) is 10.0 Å². The Hall–Kier alpha value is -2.57. The van der Waals surface area contributed by atoms with Gasteiger partial charge in [0.25, 0.3) is 0 Å². The Balaban J connectivity index is 0.000000170. The number of benzene rings is 4. The summed E-state index contributed by atoms with van der Waals surface area (Å²) in [5.41, 5.74) is 5.53. The van der Waals surface area contributed by atoms with Gasteiger partial charge >= 0.3 is 120 Å². The Morgan fingerprint density at radius 3 is 1.33 bits per heavy atom. The molecule has 0 bridgehead atoms. The van der Waals surface area contributed by atoms with E-state index in [4.69, 9.17) is 23.2 Å². The van der Waals surface area contributed by atoms with Crippen molar-refractivity contribution in [3.63, 3.8) is 0 Å². The Labute approximate surface area is 276 Å². The topological polar surface area (TPSA) is 0 Å². The molecular weight excluding hydrogens is 631 g/mol. The van der Waals surface area contributed by atoms with Crippen LogP contribution in [0.15, 0.2) is 121 Å². The van der Waals surface area contributed by atoms with E-state index in [1.54, 1.807) is 0 Å². The van der Waals surface area contributed by atoms with Gasteiger partial charge in [-0.2, -0.15) is 18.2 Å². The summed E-state index contributed by atoms with van der Waals surface area (Å²) in [4.78, 5) is 0. The van der Waals surface area contributed by atoms with Gasteiger partial charge in [-0.3, -0.25) is 0 Å². The van der Waals surface area contributed by atoms with Crippen molar-refractivity contribution < 1.29 is 24.2 Å². The largest absolute Gasteiger partial charge is 0.214 e. The van der Waals surface area contributed by atoms with Crippen LogP contribution in [0.4, 0.5) is 0 Å². The first kappa shape index (κ1) is 32.3. The summed E-state index contributed by atoms with van der Waals surface area (Å²) in [6.45, 7) is 13.6. The molecule has 3 heteroatoms. The van der Waals surface area contributed by atoms with Gasteiger partial charge in [-0.25, -0.2) is 12.1 Å². The maximum absolute atomic E-state index is 5.98. The summed E-state index contributed by atoms with van der Waals surface area (Å²) in [6, 6.07) is 42.0. The average molecular weight is 669 g/mol. The Morgan fingerprint density at radius 1 is 0.571 bits per heavy atom. The predicted octanol–water partition coefficient (Wildman–Crippen LogP) is 11.8. The second kappa shape index (κ2) is 13.8. The molecule has 0 atom stereocenters. The second-order valence-corrected chi connectivity index (χ2v) is 14.7. The van der Waals surface area contributed by atoms with Crippen molar-refractivity contribution in [2.75, 3.05) is 0 Å². The normalized spacial score (nSPS) is 11.5. The van der Waals surface area contributed by atoms with E-state index in [0.717, 1.165) is 21.2 Å². The minimum atomic E-state index is 0.203.